The lowest BCUT2D eigenvalue weighted by Crippen LogP contribution is -2.37. The molecule has 2 aromatic carbocycles. The molecule has 1 amide bonds. The van der Waals surface area contributed by atoms with E-state index < -0.39 is 12.1 Å². The van der Waals surface area contributed by atoms with E-state index in [9.17, 15) is 9.59 Å². The molecule has 0 unspecified atom stereocenters. The van der Waals surface area contributed by atoms with E-state index in [1.54, 1.807) is 14.0 Å². The molecule has 0 radical (unpaired) electrons. The van der Waals surface area contributed by atoms with Crippen LogP contribution in [0.5, 0.6) is 17.2 Å². The van der Waals surface area contributed by atoms with Gasteiger partial charge < -0.3 is 23.8 Å². The summed E-state index contributed by atoms with van der Waals surface area (Å²) in [6.07, 6.45) is -0.944. The van der Waals surface area contributed by atoms with Crippen LogP contribution in [-0.2, 0) is 16.1 Å². The number of carbonyl (C=O) groups excluding carboxylic acids is 2. The Morgan fingerprint density at radius 1 is 0.964 bits per heavy atom. The average molecular weight is 387 g/mol. The Bertz CT molecular complexity index is 796. The Hall–Kier alpha value is -3.22. The molecule has 28 heavy (non-hydrogen) atoms. The van der Waals surface area contributed by atoms with Crippen LogP contribution in [0, 0.1) is 0 Å². The zero-order valence-electron chi connectivity index (χ0n) is 16.7. The van der Waals surface area contributed by atoms with Crippen LogP contribution in [0.15, 0.2) is 42.5 Å². The fourth-order valence-corrected chi connectivity index (χ4v) is 2.72. The fraction of sp³-hybridized carbons (Fsp3) is 0.333. The van der Waals surface area contributed by atoms with Crippen molar-refractivity contribution in [3.05, 3.63) is 53.6 Å². The highest BCUT2D eigenvalue weighted by Crippen LogP contribution is 2.38. The molecule has 0 saturated carbocycles. The van der Waals surface area contributed by atoms with Gasteiger partial charge in [-0.05, 0) is 24.6 Å². The van der Waals surface area contributed by atoms with E-state index in [0.717, 1.165) is 5.56 Å². The molecule has 1 atom stereocenters. The van der Waals surface area contributed by atoms with Crippen molar-refractivity contribution in [2.75, 3.05) is 28.4 Å². The van der Waals surface area contributed by atoms with Crippen molar-refractivity contribution in [3.63, 3.8) is 0 Å². The minimum Gasteiger partial charge on any atom is -0.493 e. The first kappa shape index (κ1) is 21.1. The van der Waals surface area contributed by atoms with Gasteiger partial charge in [0, 0.05) is 13.6 Å². The zero-order valence-corrected chi connectivity index (χ0v) is 16.7. The summed E-state index contributed by atoms with van der Waals surface area (Å²) in [6.45, 7) is 1.96. The summed E-state index contributed by atoms with van der Waals surface area (Å²) in [7, 11) is 6.05. The van der Waals surface area contributed by atoms with Crippen LogP contribution in [0.2, 0.25) is 0 Å². The van der Waals surface area contributed by atoms with E-state index in [1.165, 1.54) is 38.4 Å². The Labute approximate surface area is 164 Å². The lowest BCUT2D eigenvalue weighted by molar-refractivity contribution is -0.139. The van der Waals surface area contributed by atoms with Gasteiger partial charge >= 0.3 is 5.97 Å². The molecule has 0 bridgehead atoms. The second-order valence-electron chi connectivity index (χ2n) is 6.14. The third kappa shape index (κ3) is 4.94. The second kappa shape index (κ2) is 9.64. The topological polar surface area (TPSA) is 74.3 Å². The maximum atomic E-state index is 12.5. The van der Waals surface area contributed by atoms with E-state index >= 15 is 0 Å². The number of rotatable bonds is 8. The smallest absolute Gasteiger partial charge is 0.339 e. The van der Waals surface area contributed by atoms with Gasteiger partial charge in [0.1, 0.15) is 0 Å². The first-order valence-corrected chi connectivity index (χ1v) is 8.71. The minimum atomic E-state index is -0.944. The lowest BCUT2D eigenvalue weighted by Gasteiger charge is -2.22. The van der Waals surface area contributed by atoms with Gasteiger partial charge in [0.05, 0.1) is 26.9 Å². The summed E-state index contributed by atoms with van der Waals surface area (Å²) < 4.78 is 21.1. The zero-order chi connectivity index (χ0) is 20.7. The largest absolute Gasteiger partial charge is 0.493 e. The van der Waals surface area contributed by atoms with Crippen LogP contribution in [0.4, 0.5) is 0 Å². The summed E-state index contributed by atoms with van der Waals surface area (Å²) in [4.78, 5) is 26.6. The summed E-state index contributed by atoms with van der Waals surface area (Å²) in [5.74, 6) is 0.0640. The van der Waals surface area contributed by atoms with E-state index in [4.69, 9.17) is 18.9 Å². The molecule has 150 valence electrons. The molecule has 0 heterocycles. The third-order valence-electron chi connectivity index (χ3n) is 4.17. The summed E-state index contributed by atoms with van der Waals surface area (Å²) in [5, 5.41) is 0. The average Bonchev–Trinajstić information content (AvgIpc) is 2.72. The Morgan fingerprint density at radius 2 is 1.54 bits per heavy atom. The molecule has 0 N–H and O–H groups in total. The number of likely N-dealkylation sites (N-methyl/N-ethyl adjacent to an activating group) is 1. The van der Waals surface area contributed by atoms with Crippen molar-refractivity contribution in [3.8, 4) is 17.2 Å². The van der Waals surface area contributed by atoms with Gasteiger partial charge in [-0.25, -0.2) is 4.79 Å². The van der Waals surface area contributed by atoms with Crippen LogP contribution in [0.25, 0.3) is 0 Å². The number of hydrogen-bond donors (Lipinski definition) is 0. The highest BCUT2D eigenvalue weighted by atomic mass is 16.6. The van der Waals surface area contributed by atoms with Crippen molar-refractivity contribution >= 4 is 11.9 Å². The molecule has 0 aliphatic heterocycles. The molecule has 7 nitrogen and oxygen atoms in total. The van der Waals surface area contributed by atoms with Gasteiger partial charge in [0.15, 0.2) is 17.6 Å². The number of amides is 1. The van der Waals surface area contributed by atoms with Crippen LogP contribution in [0.1, 0.15) is 22.8 Å². The SMILES string of the molecule is COc1cc(C(=O)O[C@H](C)C(=O)N(C)Cc2ccccc2)cc(OC)c1OC. The molecular formula is C21H25NO6. The standard InChI is InChI=1S/C21H25NO6/c1-14(20(23)22(2)13-15-9-7-6-8-10-15)28-21(24)16-11-17(25-3)19(27-5)18(12-16)26-4/h6-12,14H,13H2,1-5H3/t14-/m1/s1. The van der Waals surface area contributed by atoms with E-state index in [2.05, 4.69) is 0 Å². The maximum Gasteiger partial charge on any atom is 0.339 e. The quantitative estimate of drug-likeness (QED) is 0.649. The number of carbonyl (C=O) groups is 2. The van der Waals surface area contributed by atoms with Gasteiger partial charge in [0.2, 0.25) is 5.75 Å². The Kier molecular flexibility index (Phi) is 7.26. The first-order chi connectivity index (χ1) is 13.4. The third-order valence-corrected chi connectivity index (χ3v) is 4.17. The second-order valence-corrected chi connectivity index (χ2v) is 6.14. The highest BCUT2D eigenvalue weighted by molar-refractivity contribution is 5.93. The molecular weight excluding hydrogens is 362 g/mol. The molecule has 0 aromatic heterocycles. The van der Waals surface area contributed by atoms with E-state index in [1.807, 2.05) is 30.3 Å². The summed E-state index contributed by atoms with van der Waals surface area (Å²) in [6, 6.07) is 12.5. The first-order valence-electron chi connectivity index (χ1n) is 8.71. The monoisotopic (exact) mass is 387 g/mol. The van der Waals surface area contributed by atoms with Gasteiger partial charge in [-0.2, -0.15) is 0 Å². The number of nitrogens with zero attached hydrogens (tertiary/aromatic N) is 1. The molecule has 0 saturated heterocycles. The summed E-state index contributed by atoms with van der Waals surface area (Å²) in [5.41, 5.74) is 1.18. The van der Waals surface area contributed by atoms with E-state index in [0.29, 0.717) is 23.8 Å². The van der Waals surface area contributed by atoms with Crippen molar-refractivity contribution < 1.29 is 28.5 Å². The van der Waals surface area contributed by atoms with Crippen LogP contribution < -0.4 is 14.2 Å². The predicted octanol–water partition coefficient (Wildman–Crippen LogP) is 2.92. The molecule has 0 aliphatic carbocycles. The Morgan fingerprint density at radius 3 is 2.04 bits per heavy atom. The van der Waals surface area contributed by atoms with Crippen LogP contribution in [0.3, 0.4) is 0 Å². The molecule has 0 fully saturated rings. The van der Waals surface area contributed by atoms with Gasteiger partial charge in [-0.3, -0.25) is 4.79 Å². The van der Waals surface area contributed by atoms with Gasteiger partial charge in [-0.1, -0.05) is 30.3 Å². The minimum absolute atomic E-state index is 0.194. The van der Waals surface area contributed by atoms with Crippen molar-refractivity contribution in [2.24, 2.45) is 0 Å². The van der Waals surface area contributed by atoms with Crippen LogP contribution >= 0.6 is 0 Å². The highest BCUT2D eigenvalue weighted by Gasteiger charge is 2.24. The summed E-state index contributed by atoms with van der Waals surface area (Å²) >= 11 is 0. The number of ether oxygens (including phenoxy) is 4. The number of esters is 1. The van der Waals surface area contributed by atoms with Crippen molar-refractivity contribution in [2.45, 2.75) is 19.6 Å². The molecule has 0 aliphatic rings. The molecule has 2 rings (SSSR count). The van der Waals surface area contributed by atoms with Gasteiger partial charge in [0.25, 0.3) is 5.91 Å². The molecule has 7 heteroatoms. The van der Waals surface area contributed by atoms with Crippen LogP contribution in [-0.4, -0.2) is 51.3 Å². The lowest BCUT2D eigenvalue weighted by atomic mass is 10.1. The number of methoxy groups -OCH3 is 3. The van der Waals surface area contributed by atoms with Gasteiger partial charge in [-0.15, -0.1) is 0 Å². The Balaban J connectivity index is 2.10. The van der Waals surface area contributed by atoms with E-state index in [-0.39, 0.29) is 11.5 Å². The molecule has 0 spiro atoms. The molecule has 2 aromatic rings. The van der Waals surface area contributed by atoms with Crippen molar-refractivity contribution in [1.82, 2.24) is 4.90 Å². The predicted molar refractivity (Wildman–Crippen MR) is 104 cm³/mol. The fourth-order valence-electron chi connectivity index (χ4n) is 2.72. The number of hydrogen-bond acceptors (Lipinski definition) is 6. The number of benzene rings is 2. The van der Waals surface area contributed by atoms with Crippen molar-refractivity contribution in [1.29, 1.82) is 0 Å². The maximum absolute atomic E-state index is 12.5. The normalized spacial score (nSPS) is 11.3.